The molecule has 0 aliphatic carbocycles. The zero-order valence-corrected chi connectivity index (χ0v) is 19.4. The SMILES string of the molecule is O=C(O)c1sc2nc(-c3ccccc3)cc(-c3ccc(Cl)cc3)c2c1N=CN1CCCCC1. The third-order valence-corrected chi connectivity index (χ3v) is 7.11. The molecule has 1 fully saturated rings. The lowest BCUT2D eigenvalue weighted by Crippen LogP contribution is -2.28. The second kappa shape index (κ2) is 9.33. The Kier molecular flexibility index (Phi) is 6.11. The van der Waals surface area contributed by atoms with Gasteiger partial charge in [-0.05, 0) is 48.6 Å². The smallest absolute Gasteiger partial charge is 0.348 e. The van der Waals surface area contributed by atoms with Crippen LogP contribution in [0.1, 0.15) is 28.9 Å². The van der Waals surface area contributed by atoms with E-state index in [1.54, 1.807) is 6.34 Å². The maximum Gasteiger partial charge on any atom is 0.348 e. The van der Waals surface area contributed by atoms with Crippen molar-refractivity contribution in [1.82, 2.24) is 9.88 Å². The van der Waals surface area contributed by atoms with Crippen LogP contribution >= 0.6 is 22.9 Å². The van der Waals surface area contributed by atoms with Crippen molar-refractivity contribution in [3.63, 3.8) is 0 Å². The minimum absolute atomic E-state index is 0.200. The second-order valence-corrected chi connectivity index (χ2v) is 9.47. The van der Waals surface area contributed by atoms with Crippen molar-refractivity contribution in [2.75, 3.05) is 13.1 Å². The number of aliphatic imine (C=N–C) groups is 1. The highest BCUT2D eigenvalue weighted by Gasteiger charge is 2.23. The van der Waals surface area contributed by atoms with Crippen molar-refractivity contribution in [2.45, 2.75) is 19.3 Å². The minimum atomic E-state index is -0.993. The number of rotatable bonds is 5. The Morgan fingerprint density at radius 1 is 1.03 bits per heavy atom. The van der Waals surface area contributed by atoms with Gasteiger partial charge in [0, 0.05) is 29.1 Å². The summed E-state index contributed by atoms with van der Waals surface area (Å²) in [5, 5.41) is 11.4. The van der Waals surface area contributed by atoms with Crippen LogP contribution in [0.25, 0.3) is 32.6 Å². The van der Waals surface area contributed by atoms with E-state index in [1.165, 1.54) is 17.8 Å². The zero-order valence-electron chi connectivity index (χ0n) is 17.9. The third kappa shape index (κ3) is 4.49. The quantitative estimate of drug-likeness (QED) is 0.246. The van der Waals surface area contributed by atoms with Crippen molar-refractivity contribution >= 4 is 51.1 Å². The van der Waals surface area contributed by atoms with Crippen LogP contribution in [0.4, 0.5) is 5.69 Å². The van der Waals surface area contributed by atoms with Crippen molar-refractivity contribution in [3.05, 3.63) is 70.6 Å². The average Bonchev–Trinajstić information content (AvgIpc) is 3.23. The summed E-state index contributed by atoms with van der Waals surface area (Å²) in [6.45, 7) is 1.88. The third-order valence-electron chi connectivity index (χ3n) is 5.80. The van der Waals surface area contributed by atoms with E-state index in [2.05, 4.69) is 4.90 Å². The molecule has 0 unspecified atom stereocenters. The number of thiophene rings is 1. The Morgan fingerprint density at radius 2 is 1.76 bits per heavy atom. The first-order valence-corrected chi connectivity index (χ1v) is 12.1. The van der Waals surface area contributed by atoms with E-state index in [0.29, 0.717) is 15.5 Å². The highest BCUT2D eigenvalue weighted by molar-refractivity contribution is 7.21. The fourth-order valence-corrected chi connectivity index (χ4v) is 5.25. The first kappa shape index (κ1) is 21.6. The van der Waals surface area contributed by atoms with Gasteiger partial charge in [0.1, 0.15) is 15.4 Å². The molecule has 166 valence electrons. The maximum absolute atomic E-state index is 12.2. The molecular formula is C26H22ClN3O2S. The van der Waals surface area contributed by atoms with E-state index >= 15 is 0 Å². The molecule has 1 aliphatic heterocycles. The monoisotopic (exact) mass is 475 g/mol. The van der Waals surface area contributed by atoms with Gasteiger partial charge in [-0.15, -0.1) is 11.3 Å². The van der Waals surface area contributed by atoms with Crippen LogP contribution in [0.2, 0.25) is 5.02 Å². The molecule has 0 atom stereocenters. The van der Waals surface area contributed by atoms with Crippen LogP contribution < -0.4 is 0 Å². The Bertz CT molecular complexity index is 1330. The van der Waals surface area contributed by atoms with Crippen molar-refractivity contribution in [1.29, 1.82) is 0 Å². The Morgan fingerprint density at radius 3 is 2.45 bits per heavy atom. The minimum Gasteiger partial charge on any atom is -0.477 e. The van der Waals surface area contributed by atoms with E-state index in [4.69, 9.17) is 21.6 Å². The van der Waals surface area contributed by atoms with Crippen molar-refractivity contribution < 1.29 is 9.90 Å². The molecule has 33 heavy (non-hydrogen) atoms. The molecule has 2 aromatic carbocycles. The zero-order chi connectivity index (χ0) is 22.8. The second-order valence-electron chi connectivity index (χ2n) is 8.03. The van der Waals surface area contributed by atoms with Gasteiger partial charge in [-0.3, -0.25) is 0 Å². The van der Waals surface area contributed by atoms with Gasteiger partial charge in [0.15, 0.2) is 0 Å². The van der Waals surface area contributed by atoms with Gasteiger partial charge in [-0.1, -0.05) is 54.1 Å². The molecule has 7 heteroatoms. The Labute approximate surface area is 201 Å². The largest absolute Gasteiger partial charge is 0.477 e. The summed E-state index contributed by atoms with van der Waals surface area (Å²) in [7, 11) is 0. The van der Waals surface area contributed by atoms with Gasteiger partial charge >= 0.3 is 5.97 Å². The number of benzene rings is 2. The lowest BCUT2D eigenvalue weighted by atomic mass is 9.99. The number of carbonyl (C=O) groups is 1. The number of aromatic nitrogens is 1. The summed E-state index contributed by atoms with van der Waals surface area (Å²) in [5.74, 6) is -0.993. The van der Waals surface area contributed by atoms with Gasteiger partial charge in [0.05, 0.1) is 12.0 Å². The highest BCUT2D eigenvalue weighted by Crippen LogP contribution is 2.44. The summed E-state index contributed by atoms with van der Waals surface area (Å²) < 4.78 is 0. The van der Waals surface area contributed by atoms with Crippen LogP contribution in [-0.2, 0) is 0 Å². The van der Waals surface area contributed by atoms with Crippen LogP contribution in [0.3, 0.4) is 0 Å². The van der Waals surface area contributed by atoms with Gasteiger partial charge < -0.3 is 10.0 Å². The number of fused-ring (bicyclic) bond motifs is 1. The number of hydrogen-bond donors (Lipinski definition) is 1. The molecule has 5 rings (SSSR count). The summed E-state index contributed by atoms with van der Waals surface area (Å²) in [6, 6.07) is 19.5. The van der Waals surface area contributed by atoms with Crippen LogP contribution in [0.5, 0.6) is 0 Å². The number of likely N-dealkylation sites (tertiary alicyclic amines) is 1. The molecule has 3 heterocycles. The molecule has 4 aromatic rings. The van der Waals surface area contributed by atoms with E-state index in [0.717, 1.165) is 53.7 Å². The first-order valence-electron chi connectivity index (χ1n) is 10.9. The highest BCUT2D eigenvalue weighted by atomic mass is 35.5. The number of piperidine rings is 1. The van der Waals surface area contributed by atoms with Crippen LogP contribution in [0, 0.1) is 0 Å². The maximum atomic E-state index is 12.2. The number of halogens is 1. The predicted molar refractivity (Wildman–Crippen MR) is 136 cm³/mol. The molecule has 0 radical (unpaired) electrons. The number of carboxylic acids is 1. The van der Waals surface area contributed by atoms with E-state index in [-0.39, 0.29) is 4.88 Å². The molecule has 1 aliphatic rings. The molecule has 0 saturated carbocycles. The van der Waals surface area contributed by atoms with E-state index < -0.39 is 5.97 Å². The Hall–Kier alpha value is -3.22. The average molecular weight is 476 g/mol. The number of carboxylic acid groups (broad SMARTS) is 1. The molecule has 1 N–H and O–H groups in total. The summed E-state index contributed by atoms with van der Waals surface area (Å²) in [6.07, 6.45) is 5.27. The summed E-state index contributed by atoms with van der Waals surface area (Å²) >= 11 is 7.31. The number of hydrogen-bond acceptors (Lipinski definition) is 4. The fourth-order valence-electron chi connectivity index (χ4n) is 4.14. The number of aromatic carboxylic acids is 1. The normalized spacial score (nSPS) is 14.3. The van der Waals surface area contributed by atoms with Crippen molar-refractivity contribution in [3.8, 4) is 22.4 Å². The lowest BCUT2D eigenvalue weighted by molar-refractivity contribution is 0.0703. The number of nitrogens with zero attached hydrogens (tertiary/aromatic N) is 3. The van der Waals surface area contributed by atoms with Gasteiger partial charge in [-0.2, -0.15) is 0 Å². The summed E-state index contributed by atoms with van der Waals surface area (Å²) in [4.78, 5) is 24.7. The molecule has 0 spiro atoms. The van der Waals surface area contributed by atoms with Gasteiger partial charge in [0.2, 0.25) is 0 Å². The standard InChI is InChI=1S/C26H22ClN3O2S/c27-19-11-9-17(10-12-19)20-15-21(18-7-3-1-4-8-18)29-25-22(20)23(24(33-25)26(31)32)28-16-30-13-5-2-6-14-30/h1,3-4,7-12,15-16H,2,5-6,13-14H2,(H,31,32). The molecule has 0 bridgehead atoms. The number of pyridine rings is 1. The molecule has 2 aromatic heterocycles. The van der Waals surface area contributed by atoms with Gasteiger partial charge in [0.25, 0.3) is 0 Å². The van der Waals surface area contributed by atoms with Crippen LogP contribution in [0.15, 0.2) is 65.7 Å². The van der Waals surface area contributed by atoms with Crippen molar-refractivity contribution in [2.24, 2.45) is 4.99 Å². The Balaban J connectivity index is 1.74. The lowest BCUT2D eigenvalue weighted by Gasteiger charge is -2.23. The molecular weight excluding hydrogens is 454 g/mol. The molecule has 1 saturated heterocycles. The van der Waals surface area contributed by atoms with Crippen LogP contribution in [-0.4, -0.2) is 40.4 Å². The first-order chi connectivity index (χ1) is 16.1. The topological polar surface area (TPSA) is 65.8 Å². The van der Waals surface area contributed by atoms with E-state index in [1.807, 2.05) is 60.7 Å². The predicted octanol–water partition coefficient (Wildman–Crippen LogP) is 7.13. The molecule has 0 amide bonds. The summed E-state index contributed by atoms with van der Waals surface area (Å²) in [5.41, 5.74) is 4.05. The molecule has 5 nitrogen and oxygen atoms in total. The fraction of sp³-hybridized carbons (Fsp3) is 0.192. The van der Waals surface area contributed by atoms with E-state index in [9.17, 15) is 9.90 Å². The van der Waals surface area contributed by atoms with Gasteiger partial charge in [-0.25, -0.2) is 14.8 Å².